The van der Waals surface area contributed by atoms with Crippen LogP contribution in [0.3, 0.4) is 0 Å². The maximum atomic E-state index is 12.0. The summed E-state index contributed by atoms with van der Waals surface area (Å²) in [7, 11) is 0. The second kappa shape index (κ2) is 3.64. The quantitative estimate of drug-likeness (QED) is 0.543. The number of hydrogen-bond donors (Lipinski definition) is 1. The minimum atomic E-state index is -0.639. The van der Waals surface area contributed by atoms with Gasteiger partial charge in [-0.25, -0.2) is 4.79 Å². The lowest BCUT2D eigenvalue weighted by Gasteiger charge is -2.19. The molecule has 2 fully saturated rings. The van der Waals surface area contributed by atoms with Crippen LogP contribution in [0.5, 0.6) is 0 Å². The molecule has 2 rings (SSSR count). The maximum Gasteiger partial charge on any atom is 0.325 e. The number of amides is 3. The molecular weight excluding hydrogens is 196 g/mol. The molecule has 1 spiro atoms. The van der Waals surface area contributed by atoms with Crippen molar-refractivity contribution in [2.75, 3.05) is 6.54 Å². The summed E-state index contributed by atoms with van der Waals surface area (Å²) in [6, 6.07) is -0.344. The zero-order chi connectivity index (χ0) is 10.9. The Morgan fingerprint density at radius 3 is 2.60 bits per heavy atom. The van der Waals surface area contributed by atoms with E-state index < -0.39 is 5.54 Å². The first-order valence-corrected chi connectivity index (χ1v) is 5.27. The lowest BCUT2D eigenvalue weighted by atomic mass is 9.98. The number of imide groups is 1. The highest BCUT2D eigenvalue weighted by atomic mass is 16.2. The van der Waals surface area contributed by atoms with Crippen molar-refractivity contribution in [1.29, 1.82) is 0 Å². The molecule has 5 nitrogen and oxygen atoms in total. The third-order valence-corrected chi connectivity index (χ3v) is 3.17. The van der Waals surface area contributed by atoms with E-state index in [0.717, 1.165) is 32.0 Å². The van der Waals surface area contributed by atoms with Gasteiger partial charge in [-0.1, -0.05) is 12.8 Å². The van der Waals surface area contributed by atoms with Crippen LogP contribution in [-0.2, 0) is 9.59 Å². The van der Waals surface area contributed by atoms with E-state index in [1.165, 1.54) is 4.90 Å². The molecule has 0 aromatic heterocycles. The standard InChI is InChI=1S/C10H14N2O3/c13-7-3-6-12-8(14)10(11-9(12)15)4-1-2-5-10/h7H,1-6H2,(H,11,15). The number of rotatable bonds is 3. The predicted octanol–water partition coefficient (Wildman–Crippen LogP) is 0.440. The molecule has 1 aliphatic heterocycles. The average molecular weight is 210 g/mol. The Hall–Kier alpha value is -1.39. The number of hydrogen-bond acceptors (Lipinski definition) is 3. The number of aldehydes is 1. The fourth-order valence-electron chi connectivity index (χ4n) is 2.38. The van der Waals surface area contributed by atoms with Gasteiger partial charge in [0.25, 0.3) is 5.91 Å². The summed E-state index contributed by atoms with van der Waals surface area (Å²) < 4.78 is 0. The second-order valence-electron chi connectivity index (χ2n) is 4.13. The van der Waals surface area contributed by atoms with Crippen molar-refractivity contribution in [1.82, 2.24) is 10.2 Å². The fraction of sp³-hybridized carbons (Fsp3) is 0.700. The van der Waals surface area contributed by atoms with Crippen LogP contribution in [0, 0.1) is 0 Å². The van der Waals surface area contributed by atoms with Crippen LogP contribution < -0.4 is 5.32 Å². The van der Waals surface area contributed by atoms with Crippen LogP contribution in [0.1, 0.15) is 32.1 Å². The Morgan fingerprint density at radius 1 is 1.33 bits per heavy atom. The molecule has 0 aromatic rings. The summed E-state index contributed by atoms with van der Waals surface area (Å²) in [5.41, 5.74) is -0.639. The highest BCUT2D eigenvalue weighted by molar-refractivity contribution is 6.07. The summed E-state index contributed by atoms with van der Waals surface area (Å²) in [5, 5.41) is 2.76. The van der Waals surface area contributed by atoms with Gasteiger partial charge in [-0.3, -0.25) is 9.69 Å². The zero-order valence-corrected chi connectivity index (χ0v) is 8.49. The van der Waals surface area contributed by atoms with Gasteiger partial charge in [-0.15, -0.1) is 0 Å². The molecular formula is C10H14N2O3. The first-order valence-electron chi connectivity index (χ1n) is 5.27. The lowest BCUT2D eigenvalue weighted by molar-refractivity contribution is -0.131. The highest BCUT2D eigenvalue weighted by Crippen LogP contribution is 2.34. The Labute approximate surface area is 87.8 Å². The van der Waals surface area contributed by atoms with E-state index >= 15 is 0 Å². The average Bonchev–Trinajstić information content (AvgIpc) is 2.75. The zero-order valence-electron chi connectivity index (χ0n) is 8.49. The van der Waals surface area contributed by atoms with Crippen molar-refractivity contribution in [2.45, 2.75) is 37.6 Å². The topological polar surface area (TPSA) is 66.5 Å². The Kier molecular flexibility index (Phi) is 2.46. The highest BCUT2D eigenvalue weighted by Gasteiger charge is 2.51. The van der Waals surface area contributed by atoms with Gasteiger partial charge in [0.2, 0.25) is 0 Å². The fourth-order valence-corrected chi connectivity index (χ4v) is 2.38. The minimum absolute atomic E-state index is 0.146. The van der Waals surface area contributed by atoms with Gasteiger partial charge in [0, 0.05) is 13.0 Å². The van der Waals surface area contributed by atoms with E-state index in [1.807, 2.05) is 0 Å². The molecule has 0 unspecified atom stereocenters. The molecule has 5 heteroatoms. The lowest BCUT2D eigenvalue weighted by Crippen LogP contribution is -2.44. The summed E-state index contributed by atoms with van der Waals surface area (Å²) >= 11 is 0. The first-order chi connectivity index (χ1) is 7.19. The number of urea groups is 1. The van der Waals surface area contributed by atoms with E-state index in [1.54, 1.807) is 0 Å². The summed E-state index contributed by atoms with van der Waals surface area (Å²) in [6.45, 7) is 0.204. The Balaban J connectivity index is 2.11. The van der Waals surface area contributed by atoms with Crippen molar-refractivity contribution in [3.8, 4) is 0 Å². The van der Waals surface area contributed by atoms with Gasteiger partial charge < -0.3 is 10.1 Å². The molecule has 1 saturated heterocycles. The third-order valence-electron chi connectivity index (χ3n) is 3.17. The smallest absolute Gasteiger partial charge is 0.323 e. The second-order valence-corrected chi connectivity index (χ2v) is 4.13. The molecule has 1 saturated carbocycles. The van der Waals surface area contributed by atoms with Crippen molar-refractivity contribution in [3.05, 3.63) is 0 Å². The molecule has 1 heterocycles. The van der Waals surface area contributed by atoms with Gasteiger partial charge in [-0.05, 0) is 12.8 Å². The minimum Gasteiger partial charge on any atom is -0.323 e. The van der Waals surface area contributed by atoms with Crippen LogP contribution in [0.2, 0.25) is 0 Å². The van der Waals surface area contributed by atoms with Crippen molar-refractivity contribution >= 4 is 18.2 Å². The number of nitrogens with zero attached hydrogens (tertiary/aromatic N) is 1. The predicted molar refractivity (Wildman–Crippen MR) is 52.1 cm³/mol. The molecule has 3 amide bonds. The van der Waals surface area contributed by atoms with Gasteiger partial charge >= 0.3 is 6.03 Å². The van der Waals surface area contributed by atoms with E-state index in [0.29, 0.717) is 0 Å². The SMILES string of the molecule is O=CCCN1C(=O)NC2(CCCC2)C1=O. The van der Waals surface area contributed by atoms with Gasteiger partial charge in [-0.2, -0.15) is 0 Å². The Bertz CT molecular complexity index is 308. The molecule has 82 valence electrons. The van der Waals surface area contributed by atoms with Gasteiger partial charge in [0.15, 0.2) is 0 Å². The third kappa shape index (κ3) is 1.52. The molecule has 2 aliphatic rings. The van der Waals surface area contributed by atoms with Crippen molar-refractivity contribution < 1.29 is 14.4 Å². The maximum absolute atomic E-state index is 12.0. The van der Waals surface area contributed by atoms with Gasteiger partial charge in [0.1, 0.15) is 11.8 Å². The molecule has 1 N–H and O–H groups in total. The van der Waals surface area contributed by atoms with Crippen LogP contribution >= 0.6 is 0 Å². The van der Waals surface area contributed by atoms with E-state index in [2.05, 4.69) is 5.32 Å². The normalized spacial score (nSPS) is 23.6. The molecule has 0 aromatic carbocycles. The monoisotopic (exact) mass is 210 g/mol. The van der Waals surface area contributed by atoms with Gasteiger partial charge in [0.05, 0.1) is 0 Å². The van der Waals surface area contributed by atoms with E-state index in [4.69, 9.17) is 0 Å². The summed E-state index contributed by atoms with van der Waals surface area (Å²) in [6.07, 6.45) is 4.36. The van der Waals surface area contributed by atoms with Crippen LogP contribution in [0.4, 0.5) is 4.79 Å². The molecule has 1 aliphatic carbocycles. The summed E-state index contributed by atoms with van der Waals surface area (Å²) in [4.78, 5) is 34.9. The Morgan fingerprint density at radius 2 is 2.00 bits per heavy atom. The molecule has 0 atom stereocenters. The van der Waals surface area contributed by atoms with E-state index in [-0.39, 0.29) is 24.9 Å². The van der Waals surface area contributed by atoms with Crippen LogP contribution in [0.15, 0.2) is 0 Å². The first kappa shape index (κ1) is 10.1. The van der Waals surface area contributed by atoms with Crippen molar-refractivity contribution in [3.63, 3.8) is 0 Å². The van der Waals surface area contributed by atoms with Crippen LogP contribution in [-0.4, -0.2) is 35.2 Å². The van der Waals surface area contributed by atoms with E-state index in [9.17, 15) is 14.4 Å². The molecule has 15 heavy (non-hydrogen) atoms. The largest absolute Gasteiger partial charge is 0.325 e. The molecule has 0 bridgehead atoms. The number of carbonyl (C=O) groups excluding carboxylic acids is 3. The number of nitrogens with one attached hydrogen (secondary N) is 1. The van der Waals surface area contributed by atoms with Crippen LogP contribution in [0.25, 0.3) is 0 Å². The van der Waals surface area contributed by atoms with Crippen molar-refractivity contribution in [2.24, 2.45) is 0 Å². The number of carbonyl (C=O) groups is 3. The summed E-state index contributed by atoms with van der Waals surface area (Å²) in [5.74, 6) is -0.146. The molecule has 0 radical (unpaired) electrons.